The second-order valence-corrected chi connectivity index (χ2v) is 12.2. The van der Waals surface area contributed by atoms with Crippen LogP contribution in [-0.2, 0) is 22.3 Å². The van der Waals surface area contributed by atoms with E-state index in [0.717, 1.165) is 19.0 Å². The molecule has 3 amide bonds. The van der Waals surface area contributed by atoms with Crippen LogP contribution in [0.5, 0.6) is 0 Å². The number of imide groups is 1. The van der Waals surface area contributed by atoms with Crippen LogP contribution < -0.4 is 10.6 Å². The van der Waals surface area contributed by atoms with E-state index in [1.165, 1.54) is 29.4 Å². The van der Waals surface area contributed by atoms with Gasteiger partial charge in [0.15, 0.2) is 0 Å². The van der Waals surface area contributed by atoms with Crippen molar-refractivity contribution in [1.29, 1.82) is 0 Å². The molecule has 2 N–H and O–H groups in total. The summed E-state index contributed by atoms with van der Waals surface area (Å²) in [5.74, 6) is -1.50. The van der Waals surface area contributed by atoms with Gasteiger partial charge < -0.3 is 10.6 Å². The van der Waals surface area contributed by atoms with E-state index in [9.17, 15) is 27.6 Å². The highest BCUT2D eigenvalue weighted by molar-refractivity contribution is 7.19. The summed E-state index contributed by atoms with van der Waals surface area (Å²) in [6.07, 6.45) is -2.53. The molecule has 8 nitrogen and oxygen atoms in total. The molecular formula is C27H28Cl2F3N5O3S. The van der Waals surface area contributed by atoms with Crippen molar-refractivity contribution in [3.8, 4) is 11.3 Å². The zero-order chi connectivity index (χ0) is 27.9. The predicted molar refractivity (Wildman–Crippen MR) is 152 cm³/mol. The van der Waals surface area contributed by atoms with E-state index < -0.39 is 17.8 Å². The first-order chi connectivity index (χ1) is 18.4. The van der Waals surface area contributed by atoms with Gasteiger partial charge in [-0.25, -0.2) is 4.98 Å². The molecule has 3 unspecified atom stereocenters. The number of likely N-dealkylation sites (tertiary alicyclic amines) is 1. The van der Waals surface area contributed by atoms with E-state index in [4.69, 9.17) is 0 Å². The number of halogens is 5. The zero-order valence-corrected chi connectivity index (χ0v) is 24.7. The fourth-order valence-electron chi connectivity index (χ4n) is 5.90. The molecule has 0 aromatic carbocycles. The van der Waals surface area contributed by atoms with Gasteiger partial charge in [0.2, 0.25) is 11.8 Å². The number of carbonyl (C=O) groups is 3. The van der Waals surface area contributed by atoms with E-state index >= 15 is 0 Å². The number of fused-ring (bicyclic) bond motifs is 2. The fraction of sp³-hybridized carbons (Fsp3) is 0.444. The van der Waals surface area contributed by atoms with Crippen LogP contribution in [0, 0.1) is 24.2 Å². The summed E-state index contributed by atoms with van der Waals surface area (Å²) in [5.41, 5.74) is -0.437. The smallest absolute Gasteiger partial charge is 0.348 e. The predicted octanol–water partition coefficient (Wildman–Crippen LogP) is 4.76. The molecule has 5 heterocycles. The van der Waals surface area contributed by atoms with Crippen LogP contribution in [0.2, 0.25) is 0 Å². The summed E-state index contributed by atoms with van der Waals surface area (Å²) in [5, 5.41) is 6.07. The lowest BCUT2D eigenvalue weighted by Crippen LogP contribution is -2.37. The number of aromatic nitrogens is 2. The van der Waals surface area contributed by atoms with Crippen molar-refractivity contribution in [3.63, 3.8) is 0 Å². The van der Waals surface area contributed by atoms with Crippen molar-refractivity contribution < 1.29 is 27.6 Å². The number of nitrogens with zero attached hydrogens (tertiary/aromatic N) is 3. The maximum atomic E-state index is 13.8. The van der Waals surface area contributed by atoms with Gasteiger partial charge >= 0.3 is 6.18 Å². The van der Waals surface area contributed by atoms with Gasteiger partial charge in [-0.2, -0.15) is 13.2 Å². The molecule has 3 aliphatic rings. The summed E-state index contributed by atoms with van der Waals surface area (Å²) in [4.78, 5) is 49.3. The molecule has 1 saturated carbocycles. The summed E-state index contributed by atoms with van der Waals surface area (Å²) < 4.78 is 41.9. The summed E-state index contributed by atoms with van der Waals surface area (Å²) >= 11 is 1.23. The molecule has 0 bridgehead atoms. The van der Waals surface area contributed by atoms with Gasteiger partial charge in [-0.1, -0.05) is 13.8 Å². The minimum atomic E-state index is -4.71. The number of pyridine rings is 2. The van der Waals surface area contributed by atoms with Crippen molar-refractivity contribution in [1.82, 2.24) is 25.5 Å². The van der Waals surface area contributed by atoms with Gasteiger partial charge in [0.25, 0.3) is 5.91 Å². The van der Waals surface area contributed by atoms with E-state index in [0.29, 0.717) is 27.2 Å². The molecule has 3 aromatic rings. The summed E-state index contributed by atoms with van der Waals surface area (Å²) in [6, 6.07) is 4.02. The first kappa shape index (κ1) is 31.1. The van der Waals surface area contributed by atoms with Gasteiger partial charge in [0, 0.05) is 29.2 Å². The highest BCUT2D eigenvalue weighted by Gasteiger charge is 2.72. The number of aryl methyl sites for hydroxylation is 1. The first-order valence-electron chi connectivity index (χ1n) is 12.7. The quantitative estimate of drug-likeness (QED) is 0.394. The molecule has 3 atom stereocenters. The number of nitrogens with one attached hydrogen (secondary N) is 2. The highest BCUT2D eigenvalue weighted by Crippen LogP contribution is 2.63. The van der Waals surface area contributed by atoms with Crippen LogP contribution in [0.4, 0.5) is 13.2 Å². The Kier molecular flexibility index (Phi) is 8.20. The van der Waals surface area contributed by atoms with Crippen LogP contribution in [-0.4, -0.2) is 51.7 Å². The van der Waals surface area contributed by atoms with Gasteiger partial charge in [0.05, 0.1) is 39.9 Å². The lowest BCUT2D eigenvalue weighted by Gasteiger charge is -2.19. The number of piperidine rings is 1. The van der Waals surface area contributed by atoms with Crippen molar-refractivity contribution >= 4 is 64.1 Å². The number of hydrogen-bond acceptors (Lipinski definition) is 7. The monoisotopic (exact) mass is 629 g/mol. The highest BCUT2D eigenvalue weighted by atomic mass is 35.5. The molecule has 14 heteroatoms. The summed E-state index contributed by atoms with van der Waals surface area (Å²) in [6.45, 7) is 6.68. The molecular weight excluding hydrogens is 602 g/mol. The molecule has 2 saturated heterocycles. The Bertz CT molecular complexity index is 1530. The number of amides is 3. The van der Waals surface area contributed by atoms with Crippen LogP contribution in [0.15, 0.2) is 24.4 Å². The maximum Gasteiger partial charge on any atom is 0.433 e. The van der Waals surface area contributed by atoms with Gasteiger partial charge in [-0.3, -0.25) is 24.3 Å². The molecule has 3 aromatic heterocycles. The molecule has 41 heavy (non-hydrogen) atoms. The SMILES string of the molecule is Cc1cc(C(F)(F)F)nc(-c2ccnc3cc(CN4C(=O)C5C(C4=O)C5(C)C)sc23)c1C(=O)NC1CCNC1.Cl.Cl. The lowest BCUT2D eigenvalue weighted by molar-refractivity contribution is -0.144. The fourth-order valence-corrected chi connectivity index (χ4v) is 7.02. The number of rotatable bonds is 5. The molecule has 2 aliphatic heterocycles. The van der Waals surface area contributed by atoms with Gasteiger partial charge in [-0.05, 0) is 49.1 Å². The second kappa shape index (κ2) is 10.8. The number of thiophene rings is 1. The van der Waals surface area contributed by atoms with Crippen LogP contribution in [0.1, 0.15) is 46.8 Å². The van der Waals surface area contributed by atoms with E-state index in [1.54, 1.807) is 12.1 Å². The van der Waals surface area contributed by atoms with Crippen LogP contribution >= 0.6 is 36.2 Å². The number of alkyl halides is 3. The Labute approximate surface area is 250 Å². The first-order valence-corrected chi connectivity index (χ1v) is 13.5. The molecule has 220 valence electrons. The molecule has 0 radical (unpaired) electrons. The maximum absolute atomic E-state index is 13.8. The van der Waals surface area contributed by atoms with Crippen molar-refractivity contribution in [2.45, 2.75) is 46.0 Å². The Morgan fingerprint density at radius 2 is 1.88 bits per heavy atom. The van der Waals surface area contributed by atoms with Gasteiger partial charge in [-0.15, -0.1) is 36.2 Å². The van der Waals surface area contributed by atoms with Crippen molar-refractivity contribution in [2.75, 3.05) is 13.1 Å². The second-order valence-electron chi connectivity index (χ2n) is 11.0. The third-order valence-corrected chi connectivity index (χ3v) is 9.20. The molecule has 1 aliphatic carbocycles. The Morgan fingerprint density at radius 3 is 2.49 bits per heavy atom. The minimum absolute atomic E-state index is 0. The minimum Gasteiger partial charge on any atom is -0.348 e. The topological polar surface area (TPSA) is 104 Å². The van der Waals surface area contributed by atoms with E-state index in [2.05, 4.69) is 20.6 Å². The molecule has 0 spiro atoms. The number of carbonyl (C=O) groups excluding carboxylic acids is 3. The Balaban J connectivity index is 0.00000194. The van der Waals surface area contributed by atoms with Crippen molar-refractivity contribution in [3.05, 3.63) is 46.1 Å². The zero-order valence-electron chi connectivity index (χ0n) is 22.3. The average Bonchev–Trinajstić information content (AvgIpc) is 3.30. The van der Waals surface area contributed by atoms with E-state index in [-0.39, 0.29) is 83.3 Å². The third kappa shape index (κ3) is 5.19. The average molecular weight is 631 g/mol. The standard InChI is InChI=1S/C27H26F3N5O3S.2ClH/c1-12-8-17(27(28,29)30)34-21(18(12)23(36)33-13-4-6-31-10-13)15-5-7-32-16-9-14(39-22(15)16)11-35-24(37)19-20(25(35)38)26(19,2)3;;/h5,7-9,13,19-20,31H,4,6,10-11H2,1-3H3,(H,33,36);2*1H. The Hall–Kier alpha value is -2.80. The summed E-state index contributed by atoms with van der Waals surface area (Å²) in [7, 11) is 0. The van der Waals surface area contributed by atoms with Crippen LogP contribution in [0.3, 0.4) is 0 Å². The lowest BCUT2D eigenvalue weighted by atomic mass is 9.99. The Morgan fingerprint density at radius 1 is 1.20 bits per heavy atom. The van der Waals surface area contributed by atoms with Gasteiger partial charge in [0.1, 0.15) is 5.69 Å². The van der Waals surface area contributed by atoms with Crippen molar-refractivity contribution in [2.24, 2.45) is 17.3 Å². The molecule has 3 fully saturated rings. The normalized spacial score (nSPS) is 22.8. The largest absolute Gasteiger partial charge is 0.433 e. The molecule has 6 rings (SSSR count). The third-order valence-electron chi connectivity index (χ3n) is 8.05. The van der Waals surface area contributed by atoms with Crippen LogP contribution in [0.25, 0.3) is 21.5 Å². The number of hydrogen-bond donors (Lipinski definition) is 2. The van der Waals surface area contributed by atoms with E-state index in [1.807, 2.05) is 13.8 Å².